The van der Waals surface area contributed by atoms with E-state index in [9.17, 15) is 0 Å². The predicted molar refractivity (Wildman–Crippen MR) is 129 cm³/mol. The van der Waals surface area contributed by atoms with Gasteiger partial charge in [0, 0.05) is 23.3 Å². The third-order valence-corrected chi connectivity index (χ3v) is 8.37. The topological polar surface area (TPSA) is 25.4 Å². The summed E-state index contributed by atoms with van der Waals surface area (Å²) in [6.45, 7) is 2.04. The minimum Gasteiger partial charge on any atom is -0.494 e. The molecule has 1 aromatic heterocycles. The van der Waals surface area contributed by atoms with Gasteiger partial charge in [-0.15, -0.1) is 0 Å². The Bertz CT molecular complexity index is 873. The quantitative estimate of drug-likeness (QED) is 0.529. The average Bonchev–Trinajstić information content (AvgIpc) is 2.81. The number of likely N-dealkylation sites (tertiary alicyclic amines) is 1. The van der Waals surface area contributed by atoms with Crippen LogP contribution in [0.5, 0.6) is 5.75 Å². The van der Waals surface area contributed by atoms with E-state index < -0.39 is 0 Å². The van der Waals surface area contributed by atoms with Gasteiger partial charge in [0.05, 0.1) is 6.61 Å². The van der Waals surface area contributed by atoms with Gasteiger partial charge in [-0.3, -0.25) is 4.98 Å². The van der Waals surface area contributed by atoms with Gasteiger partial charge < -0.3 is 9.64 Å². The maximum atomic E-state index is 6.18. The van der Waals surface area contributed by atoms with Gasteiger partial charge in [0.2, 0.25) is 0 Å². The van der Waals surface area contributed by atoms with Crippen LogP contribution in [0.15, 0.2) is 24.4 Å². The second kappa shape index (κ2) is 9.90. The molecular weight excluding hydrogens is 380 g/mol. The van der Waals surface area contributed by atoms with Crippen molar-refractivity contribution in [3.63, 3.8) is 0 Å². The molecule has 1 saturated heterocycles. The number of rotatable bonds is 6. The first-order chi connectivity index (χ1) is 15.3. The van der Waals surface area contributed by atoms with E-state index in [1.807, 2.05) is 0 Å². The van der Waals surface area contributed by atoms with Crippen LogP contribution < -0.4 is 4.74 Å². The summed E-state index contributed by atoms with van der Waals surface area (Å²) in [6, 6.07) is 7.40. The van der Waals surface area contributed by atoms with Gasteiger partial charge in [-0.25, -0.2) is 0 Å². The molecule has 168 valence electrons. The average molecular weight is 421 g/mol. The molecular formula is C28H40N2O. The SMILES string of the molecule is CN1CCCCC1CCOc1ccc2c3c(ncc2c1)CCC(CC1CCCCC1)C3. The second-order valence-electron chi connectivity index (χ2n) is 10.5. The Labute approximate surface area is 188 Å². The maximum Gasteiger partial charge on any atom is 0.119 e. The van der Waals surface area contributed by atoms with Gasteiger partial charge in [0.1, 0.15) is 5.75 Å². The first-order valence-electron chi connectivity index (χ1n) is 13.0. The zero-order chi connectivity index (χ0) is 21.0. The predicted octanol–water partition coefficient (Wildman–Crippen LogP) is 6.56. The highest BCUT2D eigenvalue weighted by Crippen LogP contribution is 2.37. The van der Waals surface area contributed by atoms with Crippen LogP contribution in [0.4, 0.5) is 0 Å². The van der Waals surface area contributed by atoms with Crippen molar-refractivity contribution in [3.05, 3.63) is 35.7 Å². The lowest BCUT2D eigenvalue weighted by Crippen LogP contribution is -2.37. The van der Waals surface area contributed by atoms with E-state index in [-0.39, 0.29) is 0 Å². The summed E-state index contributed by atoms with van der Waals surface area (Å²) in [6.07, 6.45) is 19.7. The van der Waals surface area contributed by atoms with E-state index in [0.717, 1.165) is 37.0 Å². The number of aromatic nitrogens is 1. The molecule has 0 radical (unpaired) electrons. The largest absolute Gasteiger partial charge is 0.494 e. The van der Waals surface area contributed by atoms with Gasteiger partial charge in [-0.05, 0) is 93.5 Å². The van der Waals surface area contributed by atoms with Crippen molar-refractivity contribution in [2.75, 3.05) is 20.2 Å². The molecule has 2 fully saturated rings. The van der Waals surface area contributed by atoms with Crippen molar-refractivity contribution in [2.45, 2.75) is 89.5 Å². The van der Waals surface area contributed by atoms with E-state index in [2.05, 4.69) is 36.3 Å². The molecule has 2 aliphatic carbocycles. The van der Waals surface area contributed by atoms with Gasteiger partial charge in [0.15, 0.2) is 0 Å². The van der Waals surface area contributed by atoms with E-state index in [0.29, 0.717) is 6.04 Å². The Morgan fingerprint density at radius 3 is 2.74 bits per heavy atom. The number of nitrogens with zero attached hydrogens (tertiary/aromatic N) is 2. The van der Waals surface area contributed by atoms with Crippen LogP contribution in [-0.2, 0) is 12.8 Å². The van der Waals surface area contributed by atoms with Crippen LogP contribution in [0.1, 0.15) is 81.9 Å². The van der Waals surface area contributed by atoms with Crippen LogP contribution >= 0.6 is 0 Å². The molecule has 31 heavy (non-hydrogen) atoms. The van der Waals surface area contributed by atoms with Crippen molar-refractivity contribution in [1.29, 1.82) is 0 Å². The van der Waals surface area contributed by atoms with Crippen LogP contribution in [0.3, 0.4) is 0 Å². The van der Waals surface area contributed by atoms with Crippen LogP contribution in [0.25, 0.3) is 10.8 Å². The Morgan fingerprint density at radius 2 is 1.87 bits per heavy atom. The van der Waals surface area contributed by atoms with Crippen molar-refractivity contribution >= 4 is 10.8 Å². The summed E-state index contributed by atoms with van der Waals surface area (Å²) in [5.41, 5.74) is 2.88. The second-order valence-corrected chi connectivity index (χ2v) is 10.5. The first-order valence-corrected chi connectivity index (χ1v) is 13.0. The minimum atomic E-state index is 0.684. The summed E-state index contributed by atoms with van der Waals surface area (Å²) >= 11 is 0. The maximum absolute atomic E-state index is 6.18. The molecule has 0 bridgehead atoms. The van der Waals surface area contributed by atoms with Crippen LogP contribution in [0.2, 0.25) is 0 Å². The Morgan fingerprint density at radius 1 is 1.00 bits per heavy atom. The molecule has 0 N–H and O–H groups in total. The zero-order valence-electron chi connectivity index (χ0n) is 19.5. The molecule has 2 aromatic rings. The number of fused-ring (bicyclic) bond motifs is 3. The minimum absolute atomic E-state index is 0.684. The highest BCUT2D eigenvalue weighted by atomic mass is 16.5. The number of benzene rings is 1. The summed E-state index contributed by atoms with van der Waals surface area (Å²) in [5, 5.41) is 2.67. The Hall–Kier alpha value is -1.61. The molecule has 3 heteroatoms. The lowest BCUT2D eigenvalue weighted by molar-refractivity contribution is 0.153. The third-order valence-electron chi connectivity index (χ3n) is 8.37. The number of hydrogen-bond donors (Lipinski definition) is 0. The standard InChI is InChI=1S/C28H40N2O/c1-30-15-6-5-9-24(30)14-16-31-25-11-12-26-23(19-25)20-29-28-13-10-22(18-27(26)28)17-21-7-3-2-4-8-21/h11-12,19-22,24H,2-10,13-18H2,1H3. The molecule has 2 unspecified atom stereocenters. The van der Waals surface area contributed by atoms with E-state index >= 15 is 0 Å². The molecule has 3 aliphatic rings. The van der Waals surface area contributed by atoms with Crippen molar-refractivity contribution < 1.29 is 4.74 Å². The third kappa shape index (κ3) is 5.08. The molecule has 5 rings (SSSR count). The van der Waals surface area contributed by atoms with Crippen molar-refractivity contribution in [1.82, 2.24) is 9.88 Å². The monoisotopic (exact) mass is 420 g/mol. The zero-order valence-corrected chi connectivity index (χ0v) is 19.5. The molecule has 1 aromatic carbocycles. The van der Waals surface area contributed by atoms with E-state index in [4.69, 9.17) is 9.72 Å². The smallest absolute Gasteiger partial charge is 0.119 e. The number of piperidine rings is 1. The number of ether oxygens (including phenoxy) is 1. The highest BCUT2D eigenvalue weighted by Gasteiger charge is 2.25. The molecule has 0 spiro atoms. The number of hydrogen-bond acceptors (Lipinski definition) is 3. The molecule has 1 saturated carbocycles. The normalized spacial score (nSPS) is 25.5. The summed E-state index contributed by atoms with van der Waals surface area (Å²) < 4.78 is 6.18. The van der Waals surface area contributed by atoms with Crippen LogP contribution in [-0.4, -0.2) is 36.1 Å². The fourth-order valence-electron chi connectivity index (χ4n) is 6.48. The lowest BCUT2D eigenvalue weighted by Gasteiger charge is -2.32. The number of aryl methyl sites for hydroxylation is 1. The lowest BCUT2D eigenvalue weighted by atomic mass is 9.76. The first kappa shape index (κ1) is 21.2. The highest BCUT2D eigenvalue weighted by molar-refractivity contribution is 5.87. The van der Waals surface area contributed by atoms with Gasteiger partial charge in [-0.2, -0.15) is 0 Å². The fraction of sp³-hybridized carbons (Fsp3) is 0.679. The van der Waals surface area contributed by atoms with Crippen LogP contribution in [0, 0.1) is 11.8 Å². The molecule has 2 heterocycles. The van der Waals surface area contributed by atoms with Gasteiger partial charge in [-0.1, -0.05) is 44.6 Å². The van der Waals surface area contributed by atoms with Crippen molar-refractivity contribution in [2.24, 2.45) is 11.8 Å². The summed E-state index contributed by atoms with van der Waals surface area (Å²) in [7, 11) is 2.26. The summed E-state index contributed by atoms with van der Waals surface area (Å²) in [4.78, 5) is 7.38. The van der Waals surface area contributed by atoms with E-state index in [1.165, 1.54) is 99.2 Å². The van der Waals surface area contributed by atoms with Gasteiger partial charge >= 0.3 is 0 Å². The Balaban J connectivity index is 1.23. The van der Waals surface area contributed by atoms with Crippen molar-refractivity contribution in [3.8, 4) is 5.75 Å². The Kier molecular flexibility index (Phi) is 6.78. The molecule has 0 amide bonds. The fourth-order valence-corrected chi connectivity index (χ4v) is 6.48. The van der Waals surface area contributed by atoms with Gasteiger partial charge in [0.25, 0.3) is 0 Å². The molecule has 3 nitrogen and oxygen atoms in total. The van der Waals surface area contributed by atoms with E-state index in [1.54, 1.807) is 0 Å². The molecule has 2 atom stereocenters. The molecule has 1 aliphatic heterocycles. The summed E-state index contributed by atoms with van der Waals surface area (Å²) in [5.74, 6) is 2.83. The number of pyridine rings is 1.